The van der Waals surface area contributed by atoms with Crippen LogP contribution in [0.15, 0.2) is 0 Å². The molecule has 0 aromatic carbocycles. The molecule has 1 saturated heterocycles. The Morgan fingerprint density at radius 3 is 2.58 bits per heavy atom. The van der Waals surface area contributed by atoms with Gasteiger partial charge in [-0.2, -0.15) is 0 Å². The minimum Gasteiger partial charge on any atom is -0.373 e. The van der Waals surface area contributed by atoms with Crippen LogP contribution in [-0.4, -0.2) is 24.9 Å². The van der Waals surface area contributed by atoms with Gasteiger partial charge in [-0.3, -0.25) is 0 Å². The van der Waals surface area contributed by atoms with Crippen LogP contribution < -0.4 is 0 Å². The Morgan fingerprint density at radius 1 is 1.25 bits per heavy atom. The number of hydrogen-bond donors (Lipinski definition) is 0. The molecule has 0 saturated carbocycles. The molecular weight excluding hydrogens is 152 g/mol. The molecule has 0 aliphatic carbocycles. The largest absolute Gasteiger partial charge is 0.373 e. The highest BCUT2D eigenvalue weighted by atomic mass is 16.6. The van der Waals surface area contributed by atoms with Crippen LogP contribution in [0, 0.1) is 0 Å². The zero-order valence-corrected chi connectivity index (χ0v) is 8.38. The molecule has 0 amide bonds. The Morgan fingerprint density at radius 2 is 2.00 bits per heavy atom. The summed E-state index contributed by atoms with van der Waals surface area (Å²) in [5, 5.41) is 0. The maximum atomic E-state index is 5.78. The Bertz CT molecular complexity index is 123. The molecule has 3 unspecified atom stereocenters. The molecule has 2 heteroatoms. The van der Waals surface area contributed by atoms with Gasteiger partial charge in [-0.1, -0.05) is 19.8 Å². The number of rotatable bonds is 3. The molecule has 3 atom stereocenters. The van der Waals surface area contributed by atoms with Gasteiger partial charge in [0.15, 0.2) is 0 Å². The molecule has 0 aromatic heterocycles. The van der Waals surface area contributed by atoms with Crippen LogP contribution in [-0.2, 0) is 9.47 Å². The first-order valence-corrected chi connectivity index (χ1v) is 5.01. The molecule has 1 rings (SSSR count). The number of ether oxygens (including phenoxy) is 2. The van der Waals surface area contributed by atoms with Gasteiger partial charge in [-0.15, -0.1) is 0 Å². The van der Waals surface area contributed by atoms with Crippen LogP contribution in [0.3, 0.4) is 0 Å². The fraction of sp³-hybridized carbons (Fsp3) is 1.00. The molecule has 1 fully saturated rings. The van der Waals surface area contributed by atoms with E-state index in [1.807, 2.05) is 0 Å². The predicted octanol–water partition coefficient (Wildman–Crippen LogP) is 2.37. The summed E-state index contributed by atoms with van der Waals surface area (Å²) in [6, 6.07) is 0. The standard InChI is InChI=1S/C10H20O2/c1-4-5-6-10-7-11-8(2)9(3)12-10/h8-10H,4-7H2,1-3H3. The van der Waals surface area contributed by atoms with E-state index in [-0.39, 0.29) is 12.2 Å². The van der Waals surface area contributed by atoms with Gasteiger partial charge in [0.2, 0.25) is 0 Å². The molecule has 0 radical (unpaired) electrons. The predicted molar refractivity (Wildman–Crippen MR) is 49.3 cm³/mol. The second-order valence-corrected chi connectivity index (χ2v) is 3.64. The summed E-state index contributed by atoms with van der Waals surface area (Å²) in [4.78, 5) is 0. The summed E-state index contributed by atoms with van der Waals surface area (Å²) in [6.45, 7) is 7.14. The molecule has 0 spiro atoms. The maximum absolute atomic E-state index is 5.78. The molecule has 0 aromatic rings. The van der Waals surface area contributed by atoms with E-state index in [9.17, 15) is 0 Å². The minimum atomic E-state index is 0.264. The highest BCUT2D eigenvalue weighted by Crippen LogP contribution is 2.17. The molecule has 0 N–H and O–H groups in total. The van der Waals surface area contributed by atoms with Crippen molar-refractivity contribution in [2.75, 3.05) is 6.61 Å². The van der Waals surface area contributed by atoms with Crippen LogP contribution in [0.25, 0.3) is 0 Å². The van der Waals surface area contributed by atoms with Crippen LogP contribution >= 0.6 is 0 Å². The smallest absolute Gasteiger partial charge is 0.0813 e. The van der Waals surface area contributed by atoms with E-state index >= 15 is 0 Å². The van der Waals surface area contributed by atoms with Crippen molar-refractivity contribution in [2.45, 2.75) is 58.3 Å². The van der Waals surface area contributed by atoms with Crippen molar-refractivity contribution in [1.82, 2.24) is 0 Å². The van der Waals surface area contributed by atoms with Crippen molar-refractivity contribution in [2.24, 2.45) is 0 Å². The third-order valence-corrected chi connectivity index (χ3v) is 2.49. The average molecular weight is 172 g/mol. The Balaban J connectivity index is 2.21. The minimum absolute atomic E-state index is 0.264. The zero-order valence-electron chi connectivity index (χ0n) is 8.38. The lowest BCUT2D eigenvalue weighted by Crippen LogP contribution is -2.40. The highest BCUT2D eigenvalue weighted by Gasteiger charge is 2.24. The fourth-order valence-corrected chi connectivity index (χ4v) is 1.43. The molecule has 1 heterocycles. The summed E-state index contributed by atoms with van der Waals surface area (Å²) >= 11 is 0. The molecule has 2 nitrogen and oxygen atoms in total. The Kier molecular flexibility index (Phi) is 4.02. The van der Waals surface area contributed by atoms with Crippen molar-refractivity contribution in [3.05, 3.63) is 0 Å². The quantitative estimate of drug-likeness (QED) is 0.650. The number of unbranched alkanes of at least 4 members (excludes halogenated alkanes) is 1. The van der Waals surface area contributed by atoms with Gasteiger partial charge in [0.25, 0.3) is 0 Å². The summed E-state index contributed by atoms with van der Waals surface area (Å²) in [5.74, 6) is 0. The lowest BCUT2D eigenvalue weighted by Gasteiger charge is -2.33. The van der Waals surface area contributed by atoms with E-state index < -0.39 is 0 Å². The van der Waals surface area contributed by atoms with E-state index in [0.717, 1.165) is 13.0 Å². The van der Waals surface area contributed by atoms with E-state index in [4.69, 9.17) is 9.47 Å². The Labute approximate surface area is 75.2 Å². The third kappa shape index (κ3) is 2.76. The van der Waals surface area contributed by atoms with Crippen molar-refractivity contribution in [1.29, 1.82) is 0 Å². The average Bonchev–Trinajstić information content (AvgIpc) is 2.07. The van der Waals surface area contributed by atoms with Crippen LogP contribution in [0.4, 0.5) is 0 Å². The van der Waals surface area contributed by atoms with Crippen LogP contribution in [0.1, 0.15) is 40.0 Å². The summed E-state index contributed by atoms with van der Waals surface area (Å²) < 4.78 is 11.4. The van der Waals surface area contributed by atoms with Crippen LogP contribution in [0.2, 0.25) is 0 Å². The van der Waals surface area contributed by atoms with Gasteiger partial charge < -0.3 is 9.47 Å². The SMILES string of the molecule is CCCCC1COC(C)C(C)O1. The fourth-order valence-electron chi connectivity index (χ4n) is 1.43. The van der Waals surface area contributed by atoms with Crippen molar-refractivity contribution >= 4 is 0 Å². The van der Waals surface area contributed by atoms with E-state index in [1.54, 1.807) is 0 Å². The van der Waals surface area contributed by atoms with E-state index in [0.29, 0.717) is 6.10 Å². The summed E-state index contributed by atoms with van der Waals surface area (Å²) in [5.41, 5.74) is 0. The normalized spacial score (nSPS) is 36.8. The number of hydrogen-bond acceptors (Lipinski definition) is 2. The van der Waals surface area contributed by atoms with E-state index in [1.165, 1.54) is 12.8 Å². The van der Waals surface area contributed by atoms with Crippen molar-refractivity contribution in [3.8, 4) is 0 Å². The van der Waals surface area contributed by atoms with Gasteiger partial charge in [0.05, 0.1) is 24.9 Å². The first-order valence-electron chi connectivity index (χ1n) is 5.01. The first-order chi connectivity index (χ1) is 5.74. The lowest BCUT2D eigenvalue weighted by molar-refractivity contribution is -0.169. The molecular formula is C10H20O2. The molecule has 1 aliphatic rings. The molecule has 12 heavy (non-hydrogen) atoms. The van der Waals surface area contributed by atoms with E-state index in [2.05, 4.69) is 20.8 Å². The monoisotopic (exact) mass is 172 g/mol. The second kappa shape index (κ2) is 4.83. The molecule has 0 bridgehead atoms. The zero-order chi connectivity index (χ0) is 8.97. The second-order valence-electron chi connectivity index (χ2n) is 3.64. The Hall–Kier alpha value is -0.0800. The summed E-state index contributed by atoms with van der Waals surface area (Å²) in [6.07, 6.45) is 4.51. The lowest BCUT2D eigenvalue weighted by atomic mass is 10.1. The topological polar surface area (TPSA) is 18.5 Å². The molecule has 1 aliphatic heterocycles. The van der Waals surface area contributed by atoms with Gasteiger partial charge in [0.1, 0.15) is 0 Å². The summed E-state index contributed by atoms with van der Waals surface area (Å²) in [7, 11) is 0. The van der Waals surface area contributed by atoms with Gasteiger partial charge >= 0.3 is 0 Å². The third-order valence-electron chi connectivity index (χ3n) is 2.49. The maximum Gasteiger partial charge on any atom is 0.0813 e. The van der Waals surface area contributed by atoms with Gasteiger partial charge in [-0.05, 0) is 20.3 Å². The van der Waals surface area contributed by atoms with Gasteiger partial charge in [-0.25, -0.2) is 0 Å². The van der Waals surface area contributed by atoms with Crippen molar-refractivity contribution in [3.63, 3.8) is 0 Å². The first kappa shape index (κ1) is 10.0. The van der Waals surface area contributed by atoms with Gasteiger partial charge in [0, 0.05) is 0 Å². The highest BCUT2D eigenvalue weighted by molar-refractivity contribution is 4.71. The molecule has 72 valence electrons. The van der Waals surface area contributed by atoms with Crippen LogP contribution in [0.5, 0.6) is 0 Å². The van der Waals surface area contributed by atoms with Crippen molar-refractivity contribution < 1.29 is 9.47 Å².